The zero-order chi connectivity index (χ0) is 8.10. The quantitative estimate of drug-likeness (QED) is 0.713. The number of hydrogen-bond donors (Lipinski definition) is 0. The molecule has 1 rings (SSSR count). The van der Waals surface area contributed by atoms with E-state index in [4.69, 9.17) is 11.6 Å². The monoisotopic (exact) mass is 209 g/mol. The van der Waals surface area contributed by atoms with Crippen molar-refractivity contribution in [1.29, 1.82) is 0 Å². The number of alkyl halides is 1. The Bertz CT molecular complexity index is 212. The lowest BCUT2D eigenvalue weighted by atomic mass is 10.3. The molecule has 12 heavy (non-hydrogen) atoms. The van der Waals surface area contributed by atoms with Crippen molar-refractivity contribution in [1.82, 2.24) is 14.8 Å². The van der Waals surface area contributed by atoms with Crippen LogP contribution < -0.4 is 0 Å². The van der Waals surface area contributed by atoms with Gasteiger partial charge < -0.3 is 4.57 Å². The van der Waals surface area contributed by atoms with Gasteiger partial charge in [-0.3, -0.25) is 0 Å². The maximum Gasteiger partial charge on any atom is 0.147 e. The Hall–Kier alpha value is -0.280. The van der Waals surface area contributed by atoms with Gasteiger partial charge >= 0.3 is 0 Å². The minimum Gasteiger partial charge on any atom is -0.317 e. The van der Waals surface area contributed by atoms with Crippen LogP contribution in [0.1, 0.15) is 25.6 Å². The van der Waals surface area contributed by atoms with Gasteiger partial charge in [0.25, 0.3) is 0 Å². The van der Waals surface area contributed by atoms with Gasteiger partial charge in [0, 0.05) is 6.54 Å². The van der Waals surface area contributed by atoms with Crippen LogP contribution in [0.25, 0.3) is 0 Å². The third-order valence-electron chi connectivity index (χ3n) is 1.57. The van der Waals surface area contributed by atoms with Crippen LogP contribution in [0.2, 0.25) is 0 Å². The molecular weight excluding hydrogens is 197 g/mol. The molecule has 70 valence electrons. The molecule has 0 aliphatic rings. The van der Waals surface area contributed by atoms with Crippen molar-refractivity contribution >= 4 is 24.0 Å². The smallest absolute Gasteiger partial charge is 0.147 e. The Kier molecular flexibility index (Phi) is 6.11. The number of aromatic nitrogens is 3. The zero-order valence-corrected chi connectivity index (χ0v) is 8.61. The molecule has 0 spiro atoms. The molecular formula is C7H13Cl2N3. The molecule has 0 atom stereocenters. The van der Waals surface area contributed by atoms with E-state index in [-0.39, 0.29) is 12.4 Å². The molecule has 1 heterocycles. The lowest BCUT2D eigenvalue weighted by Gasteiger charge is -2.01. The van der Waals surface area contributed by atoms with Crippen LogP contribution in [0.5, 0.6) is 0 Å². The third kappa shape index (κ3) is 2.99. The number of halogens is 2. The second-order valence-corrected chi connectivity index (χ2v) is 2.70. The topological polar surface area (TPSA) is 30.7 Å². The van der Waals surface area contributed by atoms with Crippen LogP contribution in [0, 0.1) is 0 Å². The highest BCUT2D eigenvalue weighted by Gasteiger charge is 1.99. The fourth-order valence-corrected chi connectivity index (χ4v) is 1.10. The van der Waals surface area contributed by atoms with Gasteiger partial charge in [-0.1, -0.05) is 13.3 Å². The highest BCUT2D eigenvalue weighted by atomic mass is 35.5. The summed E-state index contributed by atoms with van der Waals surface area (Å²) in [6, 6.07) is 0. The summed E-state index contributed by atoms with van der Waals surface area (Å²) >= 11 is 5.63. The van der Waals surface area contributed by atoms with Gasteiger partial charge in [0.1, 0.15) is 12.2 Å². The SMILES string of the molecule is CCCCn1cnnc1CCl.Cl. The van der Waals surface area contributed by atoms with E-state index in [0.717, 1.165) is 18.8 Å². The van der Waals surface area contributed by atoms with E-state index in [1.165, 1.54) is 6.42 Å². The van der Waals surface area contributed by atoms with E-state index in [1.807, 2.05) is 4.57 Å². The number of unbranched alkanes of at least 4 members (excludes halogenated alkanes) is 1. The van der Waals surface area contributed by atoms with Crippen LogP contribution in [0.4, 0.5) is 0 Å². The zero-order valence-electron chi connectivity index (χ0n) is 7.03. The number of rotatable bonds is 4. The van der Waals surface area contributed by atoms with Gasteiger partial charge in [-0.2, -0.15) is 0 Å². The van der Waals surface area contributed by atoms with E-state index in [1.54, 1.807) is 6.33 Å². The molecule has 0 bridgehead atoms. The summed E-state index contributed by atoms with van der Waals surface area (Å²) in [5.41, 5.74) is 0. The normalized spacial score (nSPS) is 9.50. The molecule has 0 aliphatic carbocycles. The summed E-state index contributed by atoms with van der Waals surface area (Å²) in [5.74, 6) is 1.31. The molecule has 0 unspecified atom stereocenters. The number of nitrogens with zero attached hydrogens (tertiary/aromatic N) is 3. The Balaban J connectivity index is 0.00000121. The average Bonchev–Trinajstić information content (AvgIpc) is 2.47. The van der Waals surface area contributed by atoms with Crippen molar-refractivity contribution in [3.63, 3.8) is 0 Å². The summed E-state index contributed by atoms with van der Waals surface area (Å²) in [4.78, 5) is 0. The molecule has 0 radical (unpaired) electrons. The Morgan fingerprint density at radius 3 is 2.92 bits per heavy atom. The summed E-state index contributed by atoms with van der Waals surface area (Å²) in [5, 5.41) is 7.64. The van der Waals surface area contributed by atoms with Gasteiger partial charge in [-0.05, 0) is 6.42 Å². The summed E-state index contributed by atoms with van der Waals surface area (Å²) in [7, 11) is 0. The van der Waals surface area contributed by atoms with Crippen molar-refractivity contribution in [3.8, 4) is 0 Å². The molecule has 0 amide bonds. The van der Waals surface area contributed by atoms with Gasteiger partial charge in [0.15, 0.2) is 0 Å². The van der Waals surface area contributed by atoms with Gasteiger partial charge in [-0.15, -0.1) is 34.2 Å². The van der Waals surface area contributed by atoms with Crippen molar-refractivity contribution < 1.29 is 0 Å². The molecule has 1 aromatic heterocycles. The van der Waals surface area contributed by atoms with Gasteiger partial charge in [0.05, 0.1) is 5.88 Å². The second-order valence-electron chi connectivity index (χ2n) is 2.43. The molecule has 5 heteroatoms. The van der Waals surface area contributed by atoms with Crippen LogP contribution in [0.15, 0.2) is 6.33 Å². The Morgan fingerprint density at radius 2 is 2.33 bits per heavy atom. The van der Waals surface area contributed by atoms with E-state index in [0.29, 0.717) is 5.88 Å². The average molecular weight is 210 g/mol. The predicted molar refractivity (Wildman–Crippen MR) is 51.7 cm³/mol. The third-order valence-corrected chi connectivity index (χ3v) is 1.81. The standard InChI is InChI=1S/C7H12ClN3.ClH/c1-2-3-4-11-6-9-10-7(11)5-8;/h6H,2-5H2,1H3;1H. The molecule has 1 aromatic rings. The van der Waals surface area contributed by atoms with Crippen LogP contribution in [0.3, 0.4) is 0 Å². The highest BCUT2D eigenvalue weighted by molar-refractivity contribution is 6.16. The Labute approximate surface area is 83.5 Å². The van der Waals surface area contributed by atoms with Crippen LogP contribution in [-0.2, 0) is 12.4 Å². The Morgan fingerprint density at radius 1 is 1.58 bits per heavy atom. The molecule has 0 saturated carbocycles. The first-order chi connectivity index (χ1) is 5.38. The van der Waals surface area contributed by atoms with E-state index < -0.39 is 0 Å². The van der Waals surface area contributed by atoms with Crippen molar-refractivity contribution in [2.45, 2.75) is 32.2 Å². The molecule has 0 aromatic carbocycles. The minimum atomic E-state index is 0. The lowest BCUT2D eigenvalue weighted by Crippen LogP contribution is -2.00. The van der Waals surface area contributed by atoms with Crippen molar-refractivity contribution in [2.24, 2.45) is 0 Å². The fraction of sp³-hybridized carbons (Fsp3) is 0.714. The lowest BCUT2D eigenvalue weighted by molar-refractivity contribution is 0.613. The van der Waals surface area contributed by atoms with Gasteiger partial charge in [-0.25, -0.2) is 0 Å². The summed E-state index contributed by atoms with van der Waals surface area (Å²) < 4.78 is 2.00. The van der Waals surface area contributed by atoms with E-state index in [2.05, 4.69) is 17.1 Å². The maximum absolute atomic E-state index is 5.63. The number of aryl methyl sites for hydroxylation is 1. The molecule has 0 saturated heterocycles. The number of hydrogen-bond acceptors (Lipinski definition) is 2. The highest BCUT2D eigenvalue weighted by Crippen LogP contribution is 2.01. The molecule has 0 N–H and O–H groups in total. The first kappa shape index (κ1) is 11.7. The van der Waals surface area contributed by atoms with E-state index in [9.17, 15) is 0 Å². The largest absolute Gasteiger partial charge is 0.317 e. The van der Waals surface area contributed by atoms with Crippen molar-refractivity contribution in [2.75, 3.05) is 0 Å². The fourth-order valence-electron chi connectivity index (χ4n) is 0.898. The van der Waals surface area contributed by atoms with Gasteiger partial charge in [0.2, 0.25) is 0 Å². The molecule has 0 fully saturated rings. The van der Waals surface area contributed by atoms with Crippen LogP contribution in [-0.4, -0.2) is 14.8 Å². The van der Waals surface area contributed by atoms with E-state index >= 15 is 0 Å². The van der Waals surface area contributed by atoms with Crippen LogP contribution >= 0.6 is 24.0 Å². The molecule has 3 nitrogen and oxygen atoms in total. The first-order valence-electron chi connectivity index (χ1n) is 3.81. The molecule has 0 aliphatic heterocycles. The summed E-state index contributed by atoms with van der Waals surface area (Å²) in [6.45, 7) is 3.14. The second kappa shape index (κ2) is 6.26. The maximum atomic E-state index is 5.63. The predicted octanol–water partition coefficient (Wildman–Crippen LogP) is 2.24. The first-order valence-corrected chi connectivity index (χ1v) is 4.34. The van der Waals surface area contributed by atoms with Crippen molar-refractivity contribution in [3.05, 3.63) is 12.2 Å². The summed E-state index contributed by atoms with van der Waals surface area (Å²) in [6.07, 6.45) is 4.06. The minimum absolute atomic E-state index is 0.